The molecule has 1 aliphatic heterocycles. The fourth-order valence-corrected chi connectivity index (χ4v) is 4.24. The zero-order chi connectivity index (χ0) is 24.9. The van der Waals surface area contributed by atoms with Gasteiger partial charge in [-0.15, -0.1) is 0 Å². The first-order valence-electron chi connectivity index (χ1n) is 11.4. The molecule has 0 spiro atoms. The number of hydrogen-bond acceptors (Lipinski definition) is 3. The highest BCUT2D eigenvalue weighted by Crippen LogP contribution is 2.32. The van der Waals surface area contributed by atoms with E-state index in [0.717, 1.165) is 23.4 Å². The van der Waals surface area contributed by atoms with E-state index in [1.54, 1.807) is 4.90 Å². The summed E-state index contributed by atoms with van der Waals surface area (Å²) in [5.74, 6) is 0.596. The molecule has 0 unspecified atom stereocenters. The van der Waals surface area contributed by atoms with Crippen molar-refractivity contribution < 1.29 is 22.7 Å². The Morgan fingerprint density at radius 3 is 2.29 bits per heavy atom. The molecule has 1 aliphatic rings. The Labute approximate surface area is 198 Å². The van der Waals surface area contributed by atoms with Crippen LogP contribution in [0.25, 0.3) is 4.85 Å². The lowest BCUT2D eigenvalue weighted by molar-refractivity contribution is -0.137. The van der Waals surface area contributed by atoms with E-state index in [-0.39, 0.29) is 17.5 Å². The van der Waals surface area contributed by atoms with E-state index in [4.69, 9.17) is 11.3 Å². The van der Waals surface area contributed by atoms with Crippen molar-refractivity contribution in [3.05, 3.63) is 75.6 Å². The van der Waals surface area contributed by atoms with Gasteiger partial charge in [-0.25, -0.2) is 6.57 Å². The molecule has 2 aromatic rings. The van der Waals surface area contributed by atoms with Crippen molar-refractivity contribution >= 4 is 5.91 Å². The summed E-state index contributed by atoms with van der Waals surface area (Å²) in [7, 11) is 0. The first-order valence-corrected chi connectivity index (χ1v) is 11.4. The van der Waals surface area contributed by atoms with Gasteiger partial charge in [0.15, 0.2) is 0 Å². The van der Waals surface area contributed by atoms with Gasteiger partial charge < -0.3 is 14.5 Å². The standard InChI is InChI=1S/C26H30F3N3O2/c1-18-19(2)24(34-17-5-12-30-4)11-10-23(18)20(3)31-13-15-32(16-14-31)25(33)21-6-8-22(9-7-21)26(27,28)29/h6-11,20H,5,12-17H2,1-3H3/t20-/m1/s1. The molecule has 182 valence electrons. The summed E-state index contributed by atoms with van der Waals surface area (Å²) in [6.45, 7) is 16.5. The van der Waals surface area contributed by atoms with Crippen molar-refractivity contribution in [1.82, 2.24) is 9.80 Å². The topological polar surface area (TPSA) is 37.1 Å². The molecule has 1 heterocycles. The molecular weight excluding hydrogens is 443 g/mol. The molecule has 8 heteroatoms. The number of carbonyl (C=O) groups is 1. The zero-order valence-electron chi connectivity index (χ0n) is 19.8. The van der Waals surface area contributed by atoms with Crippen LogP contribution in [0.1, 0.15) is 52.0 Å². The van der Waals surface area contributed by atoms with E-state index in [0.29, 0.717) is 45.8 Å². The quantitative estimate of drug-likeness (QED) is 0.392. The summed E-state index contributed by atoms with van der Waals surface area (Å²) in [5, 5.41) is 0. The highest BCUT2D eigenvalue weighted by atomic mass is 19.4. The Bertz CT molecular complexity index is 1040. The van der Waals surface area contributed by atoms with Gasteiger partial charge in [0.2, 0.25) is 6.54 Å². The largest absolute Gasteiger partial charge is 0.493 e. The van der Waals surface area contributed by atoms with Gasteiger partial charge in [0, 0.05) is 37.8 Å². The average molecular weight is 474 g/mol. The average Bonchev–Trinajstić information content (AvgIpc) is 2.83. The first-order chi connectivity index (χ1) is 16.1. The van der Waals surface area contributed by atoms with Gasteiger partial charge in [0.25, 0.3) is 5.91 Å². The van der Waals surface area contributed by atoms with E-state index in [2.05, 4.69) is 29.7 Å². The third-order valence-corrected chi connectivity index (χ3v) is 6.51. The summed E-state index contributed by atoms with van der Waals surface area (Å²) in [4.78, 5) is 20.1. The number of halogens is 3. The van der Waals surface area contributed by atoms with Crippen LogP contribution in [0.2, 0.25) is 0 Å². The van der Waals surface area contributed by atoms with Gasteiger partial charge in [0.1, 0.15) is 5.75 Å². The van der Waals surface area contributed by atoms with Gasteiger partial charge in [-0.05, 0) is 67.8 Å². The maximum absolute atomic E-state index is 12.8. The van der Waals surface area contributed by atoms with Gasteiger partial charge in [-0.1, -0.05) is 6.07 Å². The Kier molecular flexibility index (Phi) is 8.21. The van der Waals surface area contributed by atoms with Crippen LogP contribution in [0.15, 0.2) is 36.4 Å². The van der Waals surface area contributed by atoms with Crippen LogP contribution in [0.5, 0.6) is 5.75 Å². The maximum Gasteiger partial charge on any atom is 0.416 e. The molecule has 0 aromatic heterocycles. The predicted octanol–water partition coefficient (Wildman–Crippen LogP) is 5.53. The molecule has 0 radical (unpaired) electrons. The number of amides is 1. The molecule has 1 fully saturated rings. The molecule has 1 saturated heterocycles. The minimum absolute atomic E-state index is 0.151. The van der Waals surface area contributed by atoms with Crippen LogP contribution in [-0.2, 0) is 6.18 Å². The van der Waals surface area contributed by atoms with Crippen LogP contribution in [0.4, 0.5) is 13.2 Å². The monoisotopic (exact) mass is 473 g/mol. The molecule has 0 N–H and O–H groups in total. The first kappa shape index (κ1) is 25.6. The van der Waals surface area contributed by atoms with Gasteiger partial charge in [0.05, 0.1) is 18.6 Å². The van der Waals surface area contributed by atoms with Crippen molar-refractivity contribution in [3.63, 3.8) is 0 Å². The minimum atomic E-state index is -4.41. The van der Waals surface area contributed by atoms with E-state index < -0.39 is 11.7 Å². The SMILES string of the molecule is [C-]#[N+]CCCOc1ccc([C@@H](C)N2CCN(C(=O)c3ccc(C(F)(F)F)cc3)CC2)c(C)c1C. The van der Waals surface area contributed by atoms with Crippen LogP contribution < -0.4 is 4.74 Å². The minimum Gasteiger partial charge on any atom is -0.493 e. The second-order valence-electron chi connectivity index (χ2n) is 8.57. The number of carbonyl (C=O) groups excluding carboxylic acids is 1. The number of nitrogens with zero attached hydrogens (tertiary/aromatic N) is 3. The smallest absolute Gasteiger partial charge is 0.416 e. The highest BCUT2D eigenvalue weighted by molar-refractivity contribution is 5.94. The van der Waals surface area contributed by atoms with Crippen LogP contribution >= 0.6 is 0 Å². The van der Waals surface area contributed by atoms with E-state index in [9.17, 15) is 18.0 Å². The Hall–Kier alpha value is -3.05. The van der Waals surface area contributed by atoms with E-state index >= 15 is 0 Å². The summed E-state index contributed by atoms with van der Waals surface area (Å²) in [5.41, 5.74) is 2.97. The zero-order valence-corrected chi connectivity index (χ0v) is 19.8. The molecule has 0 aliphatic carbocycles. The molecule has 1 atom stereocenters. The summed E-state index contributed by atoms with van der Waals surface area (Å²) in [6, 6.07) is 8.62. The number of piperazine rings is 1. The fourth-order valence-electron chi connectivity index (χ4n) is 4.24. The van der Waals surface area contributed by atoms with Gasteiger partial charge >= 0.3 is 6.18 Å². The van der Waals surface area contributed by atoms with Crippen molar-refractivity contribution in [2.24, 2.45) is 0 Å². The third-order valence-electron chi connectivity index (χ3n) is 6.51. The second kappa shape index (κ2) is 10.9. The number of alkyl halides is 3. The number of ether oxygens (including phenoxy) is 1. The van der Waals surface area contributed by atoms with Crippen LogP contribution in [-0.4, -0.2) is 55.0 Å². The van der Waals surface area contributed by atoms with Crippen molar-refractivity contribution in [2.75, 3.05) is 39.3 Å². The summed E-state index contributed by atoms with van der Waals surface area (Å²) < 4.78 is 44.2. The molecule has 0 saturated carbocycles. The van der Waals surface area contributed by atoms with Gasteiger partial charge in [-0.3, -0.25) is 9.69 Å². The second-order valence-corrected chi connectivity index (χ2v) is 8.57. The van der Waals surface area contributed by atoms with Crippen LogP contribution in [0, 0.1) is 20.4 Å². The Morgan fingerprint density at radius 1 is 1.06 bits per heavy atom. The van der Waals surface area contributed by atoms with Gasteiger partial charge in [-0.2, -0.15) is 13.2 Å². The maximum atomic E-state index is 12.8. The normalized spacial score (nSPS) is 15.6. The lowest BCUT2D eigenvalue weighted by atomic mass is 9.96. The van der Waals surface area contributed by atoms with Crippen molar-refractivity contribution in [3.8, 4) is 5.75 Å². The number of rotatable bonds is 7. The Balaban J connectivity index is 1.60. The van der Waals surface area contributed by atoms with E-state index in [1.807, 2.05) is 13.0 Å². The Morgan fingerprint density at radius 2 is 1.71 bits per heavy atom. The van der Waals surface area contributed by atoms with Crippen molar-refractivity contribution in [2.45, 2.75) is 39.4 Å². The molecule has 2 aromatic carbocycles. The molecule has 34 heavy (non-hydrogen) atoms. The molecule has 3 rings (SSSR count). The van der Waals surface area contributed by atoms with Crippen molar-refractivity contribution in [1.29, 1.82) is 0 Å². The molecule has 1 amide bonds. The van der Waals surface area contributed by atoms with E-state index in [1.165, 1.54) is 23.3 Å². The lowest BCUT2D eigenvalue weighted by Gasteiger charge is -2.39. The number of hydrogen-bond donors (Lipinski definition) is 0. The lowest BCUT2D eigenvalue weighted by Crippen LogP contribution is -2.49. The molecular formula is C26H30F3N3O2. The highest BCUT2D eigenvalue weighted by Gasteiger charge is 2.31. The predicted molar refractivity (Wildman–Crippen MR) is 125 cm³/mol. The fraction of sp³-hybridized carbons (Fsp3) is 0.462. The molecule has 5 nitrogen and oxygen atoms in total. The third kappa shape index (κ3) is 5.89. The summed E-state index contributed by atoms with van der Waals surface area (Å²) >= 11 is 0. The molecule has 0 bridgehead atoms. The number of benzene rings is 2. The summed E-state index contributed by atoms with van der Waals surface area (Å²) in [6.07, 6.45) is -3.71. The van der Waals surface area contributed by atoms with Crippen LogP contribution in [0.3, 0.4) is 0 Å².